The van der Waals surface area contributed by atoms with Crippen LogP contribution in [-0.4, -0.2) is 41.2 Å². The van der Waals surface area contributed by atoms with Gasteiger partial charge < -0.3 is 19.3 Å². The summed E-state index contributed by atoms with van der Waals surface area (Å²) in [5.41, 5.74) is -5.65. The lowest BCUT2D eigenvalue weighted by molar-refractivity contribution is -0.253. The van der Waals surface area contributed by atoms with Gasteiger partial charge in [-0.3, -0.25) is 14.5 Å². The smallest absolute Gasteiger partial charge is 0.430 e. The number of nitrogens with zero attached hydrogens (tertiary/aromatic N) is 1. The number of hydrogen-bond donors (Lipinski definition) is 2. The van der Waals surface area contributed by atoms with E-state index in [-0.39, 0.29) is 16.9 Å². The van der Waals surface area contributed by atoms with Crippen molar-refractivity contribution < 1.29 is 45.6 Å². The standard InChI is InChI=1S/C21H17F5N2O5S/c1-19(7-8-32-34-19)27-16(29)11-5-6-15-14(9-11)20(31,21(24,25)26)17(30)28(15)12-3-2-4-13(10-12)33-18(22)23/h2-6,9-10,18,31H,7-8H2,1H3,(H,27,29)/t19?,20-/m1/s1. The van der Waals surface area contributed by atoms with E-state index in [1.54, 1.807) is 6.92 Å². The number of rotatable bonds is 5. The predicted octanol–water partition coefficient (Wildman–Crippen LogP) is 4.23. The largest absolute Gasteiger partial charge is 0.435 e. The number of fused-ring (bicyclic) bond motifs is 1. The van der Waals surface area contributed by atoms with Crippen molar-refractivity contribution in [2.24, 2.45) is 0 Å². The Bertz CT molecular complexity index is 1140. The third-order valence-corrected chi connectivity index (χ3v) is 6.36. The van der Waals surface area contributed by atoms with Crippen molar-refractivity contribution >= 4 is 35.2 Å². The molecule has 0 aliphatic carbocycles. The van der Waals surface area contributed by atoms with E-state index >= 15 is 0 Å². The SMILES string of the molecule is CC1(NC(=O)c2ccc3c(c2)[C@](O)(C(F)(F)F)C(=O)N3c2cccc(OC(F)F)c2)CCOS1. The second-order valence-electron chi connectivity index (χ2n) is 7.80. The van der Waals surface area contributed by atoms with Crippen LogP contribution in [0.15, 0.2) is 42.5 Å². The molecule has 2 aliphatic rings. The molecule has 2 amide bonds. The van der Waals surface area contributed by atoms with Gasteiger partial charge in [0.15, 0.2) is 0 Å². The zero-order valence-electron chi connectivity index (χ0n) is 17.4. The summed E-state index contributed by atoms with van der Waals surface area (Å²) in [7, 11) is 0. The van der Waals surface area contributed by atoms with E-state index in [2.05, 4.69) is 10.1 Å². The number of alkyl halides is 5. The summed E-state index contributed by atoms with van der Waals surface area (Å²) >= 11 is 1.01. The lowest BCUT2D eigenvalue weighted by Crippen LogP contribution is -2.49. The topological polar surface area (TPSA) is 88.1 Å². The molecular weight excluding hydrogens is 487 g/mol. The summed E-state index contributed by atoms with van der Waals surface area (Å²) in [5.74, 6) is -2.90. The van der Waals surface area contributed by atoms with Crippen molar-refractivity contribution in [3.8, 4) is 5.75 Å². The van der Waals surface area contributed by atoms with E-state index in [4.69, 9.17) is 4.18 Å². The third-order valence-electron chi connectivity index (χ3n) is 5.40. The van der Waals surface area contributed by atoms with E-state index in [9.17, 15) is 36.6 Å². The van der Waals surface area contributed by atoms with Crippen LogP contribution in [0.1, 0.15) is 29.3 Å². The molecule has 0 aromatic heterocycles. The highest BCUT2D eigenvalue weighted by Gasteiger charge is 2.67. The molecule has 34 heavy (non-hydrogen) atoms. The maximum Gasteiger partial charge on any atom is 0.430 e. The number of carbonyl (C=O) groups is 2. The molecular formula is C21H17F5N2O5S. The van der Waals surface area contributed by atoms with Crippen LogP contribution in [0.3, 0.4) is 0 Å². The average Bonchev–Trinajstić information content (AvgIpc) is 3.27. The number of nitrogens with one attached hydrogen (secondary N) is 1. The van der Waals surface area contributed by atoms with Crippen molar-refractivity contribution in [3.63, 3.8) is 0 Å². The number of anilines is 2. The number of halogens is 5. The van der Waals surface area contributed by atoms with Crippen LogP contribution in [0.5, 0.6) is 5.75 Å². The van der Waals surface area contributed by atoms with Crippen molar-refractivity contribution in [1.82, 2.24) is 5.32 Å². The van der Waals surface area contributed by atoms with Crippen molar-refractivity contribution in [2.75, 3.05) is 11.5 Å². The summed E-state index contributed by atoms with van der Waals surface area (Å²) in [6.07, 6.45) is -4.98. The summed E-state index contributed by atoms with van der Waals surface area (Å²) < 4.78 is 76.6. The van der Waals surface area contributed by atoms with Crippen molar-refractivity contribution in [3.05, 3.63) is 53.6 Å². The molecule has 13 heteroatoms. The monoisotopic (exact) mass is 504 g/mol. The molecule has 1 unspecified atom stereocenters. The van der Waals surface area contributed by atoms with Gasteiger partial charge in [0.1, 0.15) is 10.6 Å². The number of carbonyl (C=O) groups excluding carboxylic acids is 2. The Labute approximate surface area is 194 Å². The quantitative estimate of drug-likeness (QED) is 0.468. The molecule has 0 spiro atoms. The molecule has 1 fully saturated rings. The van der Waals surface area contributed by atoms with Crippen LogP contribution >= 0.6 is 12.0 Å². The number of aliphatic hydroxyl groups is 1. The highest BCUT2D eigenvalue weighted by molar-refractivity contribution is 7.96. The van der Waals surface area contributed by atoms with Gasteiger partial charge in [-0.25, -0.2) is 0 Å². The summed E-state index contributed by atoms with van der Waals surface area (Å²) in [6, 6.07) is 7.53. The molecule has 2 aromatic rings. The van der Waals surface area contributed by atoms with Gasteiger partial charge >= 0.3 is 12.8 Å². The number of ether oxygens (including phenoxy) is 1. The molecule has 182 valence electrons. The van der Waals surface area contributed by atoms with Gasteiger partial charge in [0.25, 0.3) is 17.4 Å². The van der Waals surface area contributed by atoms with Crippen molar-refractivity contribution in [2.45, 2.75) is 36.6 Å². The van der Waals surface area contributed by atoms with E-state index in [0.29, 0.717) is 17.9 Å². The van der Waals surface area contributed by atoms with Gasteiger partial charge in [0.05, 0.1) is 18.0 Å². The Morgan fingerprint density at radius 3 is 2.62 bits per heavy atom. The van der Waals surface area contributed by atoms with Crippen LogP contribution in [0.4, 0.5) is 33.3 Å². The normalized spacial score (nSPS) is 24.5. The van der Waals surface area contributed by atoms with Gasteiger partial charge in [0.2, 0.25) is 0 Å². The van der Waals surface area contributed by atoms with Crippen LogP contribution in [0, 0.1) is 0 Å². The van der Waals surface area contributed by atoms with Gasteiger partial charge in [-0.2, -0.15) is 22.0 Å². The highest BCUT2D eigenvalue weighted by atomic mass is 32.2. The Morgan fingerprint density at radius 2 is 2.00 bits per heavy atom. The highest BCUT2D eigenvalue weighted by Crippen LogP contribution is 2.52. The predicted molar refractivity (Wildman–Crippen MR) is 111 cm³/mol. The summed E-state index contributed by atoms with van der Waals surface area (Å²) in [6.45, 7) is -1.14. The van der Waals surface area contributed by atoms with Crippen LogP contribution < -0.4 is 15.0 Å². The zero-order chi connectivity index (χ0) is 24.9. The Morgan fingerprint density at radius 1 is 1.26 bits per heavy atom. The first-order chi connectivity index (χ1) is 15.9. The second-order valence-corrected chi connectivity index (χ2v) is 9.10. The van der Waals surface area contributed by atoms with E-state index in [0.717, 1.165) is 36.3 Å². The molecule has 1 saturated heterocycles. The minimum absolute atomic E-state index is 0.223. The van der Waals surface area contributed by atoms with Crippen molar-refractivity contribution in [1.29, 1.82) is 0 Å². The van der Waals surface area contributed by atoms with Gasteiger partial charge in [-0.1, -0.05) is 6.07 Å². The second kappa shape index (κ2) is 8.40. The van der Waals surface area contributed by atoms with Gasteiger partial charge in [-0.15, -0.1) is 0 Å². The molecule has 2 aliphatic heterocycles. The van der Waals surface area contributed by atoms with Crippen LogP contribution in [-0.2, 0) is 14.6 Å². The fraction of sp³-hybridized carbons (Fsp3) is 0.333. The third kappa shape index (κ3) is 4.07. The Hall–Kier alpha value is -2.90. The minimum Gasteiger partial charge on any atom is -0.435 e. The first-order valence-corrected chi connectivity index (χ1v) is 10.6. The summed E-state index contributed by atoms with van der Waals surface area (Å²) in [5, 5.41) is 13.3. The van der Waals surface area contributed by atoms with E-state index in [1.807, 2.05) is 0 Å². The maximum absolute atomic E-state index is 14.0. The van der Waals surface area contributed by atoms with Crippen LogP contribution in [0.2, 0.25) is 0 Å². The molecule has 0 bridgehead atoms. The molecule has 2 N–H and O–H groups in total. The summed E-state index contributed by atoms with van der Waals surface area (Å²) in [4.78, 5) is 25.4. The Kier molecular flexibility index (Phi) is 5.98. The number of hydrogen-bond acceptors (Lipinski definition) is 6. The average molecular weight is 504 g/mol. The molecule has 2 aromatic carbocycles. The van der Waals surface area contributed by atoms with Gasteiger partial charge in [-0.05, 0) is 37.3 Å². The fourth-order valence-electron chi connectivity index (χ4n) is 3.72. The Balaban J connectivity index is 1.78. The van der Waals surface area contributed by atoms with Crippen LogP contribution in [0.25, 0.3) is 0 Å². The minimum atomic E-state index is -5.44. The lowest BCUT2D eigenvalue weighted by atomic mass is 9.93. The zero-order valence-corrected chi connectivity index (χ0v) is 18.2. The van der Waals surface area contributed by atoms with Gasteiger partial charge in [0, 0.05) is 35.7 Å². The van der Waals surface area contributed by atoms with E-state index < -0.39 is 46.4 Å². The molecule has 7 nitrogen and oxygen atoms in total. The first-order valence-electron chi connectivity index (χ1n) is 9.82. The molecule has 0 saturated carbocycles. The number of amides is 2. The lowest BCUT2D eigenvalue weighted by Gasteiger charge is -2.26. The maximum atomic E-state index is 14.0. The fourth-order valence-corrected chi connectivity index (χ4v) is 4.45. The molecule has 4 rings (SSSR count). The molecule has 0 radical (unpaired) electrons. The van der Waals surface area contributed by atoms with E-state index in [1.165, 1.54) is 18.2 Å². The first kappa shape index (κ1) is 24.2. The molecule has 2 atom stereocenters. The number of benzene rings is 2. The molecule has 2 heterocycles.